The van der Waals surface area contributed by atoms with Crippen molar-refractivity contribution in [1.29, 1.82) is 0 Å². The molecule has 2 heterocycles. The lowest BCUT2D eigenvalue weighted by Crippen LogP contribution is -2.33. The van der Waals surface area contributed by atoms with E-state index >= 15 is 0 Å². The number of amides is 1. The number of carbonyl (C=O) groups excluding carboxylic acids is 1. The van der Waals surface area contributed by atoms with E-state index in [1.165, 1.54) is 6.92 Å². The Balaban J connectivity index is 1.92. The zero-order chi connectivity index (χ0) is 17.6. The monoisotopic (exact) mass is 337 g/mol. The molecule has 0 bridgehead atoms. The SMILES string of the molecule is CC(=O)N1N=C(c2ccc(N)cc2)c2cc3c(cc2CC1C)OOC3. The fraction of sp³-hybridized carbons (Fsp3) is 0.263. The van der Waals surface area contributed by atoms with Gasteiger partial charge in [-0.15, -0.1) is 0 Å². The molecule has 4 rings (SSSR count). The number of anilines is 1. The van der Waals surface area contributed by atoms with Crippen LogP contribution in [0.2, 0.25) is 0 Å². The highest BCUT2D eigenvalue weighted by molar-refractivity contribution is 6.14. The van der Waals surface area contributed by atoms with Gasteiger partial charge < -0.3 is 10.6 Å². The molecule has 6 nitrogen and oxygen atoms in total. The average Bonchev–Trinajstić information content (AvgIpc) is 2.97. The van der Waals surface area contributed by atoms with Gasteiger partial charge >= 0.3 is 0 Å². The molecule has 25 heavy (non-hydrogen) atoms. The second-order valence-electron chi connectivity index (χ2n) is 6.45. The molecule has 1 unspecified atom stereocenters. The van der Waals surface area contributed by atoms with E-state index in [1.807, 2.05) is 43.3 Å². The van der Waals surface area contributed by atoms with Gasteiger partial charge in [0.2, 0.25) is 5.91 Å². The van der Waals surface area contributed by atoms with E-state index in [0.717, 1.165) is 33.7 Å². The number of rotatable bonds is 1. The molecule has 2 aromatic carbocycles. The van der Waals surface area contributed by atoms with E-state index in [0.29, 0.717) is 18.7 Å². The first kappa shape index (κ1) is 15.7. The number of nitrogens with two attached hydrogens (primary N) is 1. The Bertz CT molecular complexity index is 874. The number of nitrogens with zero attached hydrogens (tertiary/aromatic N) is 2. The molecule has 0 saturated carbocycles. The second kappa shape index (κ2) is 5.89. The van der Waals surface area contributed by atoms with Crippen molar-refractivity contribution in [3.05, 3.63) is 58.7 Å². The molecule has 2 aliphatic rings. The molecule has 0 fully saturated rings. The summed E-state index contributed by atoms with van der Waals surface area (Å²) in [6.07, 6.45) is 0.688. The lowest BCUT2D eigenvalue weighted by molar-refractivity contribution is -0.194. The average molecular weight is 337 g/mol. The van der Waals surface area contributed by atoms with Gasteiger partial charge in [-0.1, -0.05) is 12.1 Å². The normalized spacial score (nSPS) is 18.7. The van der Waals surface area contributed by atoms with Gasteiger partial charge in [0.25, 0.3) is 0 Å². The number of hydrogen-bond acceptors (Lipinski definition) is 5. The first-order valence-electron chi connectivity index (χ1n) is 8.23. The zero-order valence-electron chi connectivity index (χ0n) is 14.2. The summed E-state index contributed by atoms with van der Waals surface area (Å²) in [6, 6.07) is 11.5. The van der Waals surface area contributed by atoms with Crippen molar-refractivity contribution in [1.82, 2.24) is 5.01 Å². The summed E-state index contributed by atoms with van der Waals surface area (Å²) >= 11 is 0. The summed E-state index contributed by atoms with van der Waals surface area (Å²) in [5.74, 6) is 0.652. The van der Waals surface area contributed by atoms with Crippen LogP contribution in [0.15, 0.2) is 41.5 Å². The molecule has 0 radical (unpaired) electrons. The quantitative estimate of drug-likeness (QED) is 0.641. The van der Waals surface area contributed by atoms with E-state index < -0.39 is 0 Å². The van der Waals surface area contributed by atoms with E-state index in [-0.39, 0.29) is 11.9 Å². The first-order valence-corrected chi connectivity index (χ1v) is 8.23. The predicted octanol–water partition coefficient (Wildman–Crippen LogP) is 2.64. The second-order valence-corrected chi connectivity index (χ2v) is 6.45. The Hall–Kier alpha value is -2.86. The Labute approximate surface area is 145 Å². The summed E-state index contributed by atoms with van der Waals surface area (Å²) in [5, 5.41) is 6.25. The maximum absolute atomic E-state index is 12.1. The van der Waals surface area contributed by atoms with E-state index in [1.54, 1.807) is 5.01 Å². The summed E-state index contributed by atoms with van der Waals surface area (Å²) in [7, 11) is 0. The number of hydrogen-bond donors (Lipinski definition) is 1. The topological polar surface area (TPSA) is 77.2 Å². The Kier molecular flexibility index (Phi) is 3.69. The minimum atomic E-state index is -0.0830. The van der Waals surface area contributed by atoms with Crippen LogP contribution in [0.1, 0.15) is 36.1 Å². The van der Waals surface area contributed by atoms with Crippen LogP contribution < -0.4 is 10.6 Å². The molecular formula is C19H19N3O3. The number of nitrogen functional groups attached to an aromatic ring is 1. The third-order valence-corrected chi connectivity index (χ3v) is 4.55. The maximum atomic E-state index is 12.1. The van der Waals surface area contributed by atoms with E-state index in [2.05, 4.69) is 0 Å². The molecule has 0 aromatic heterocycles. The highest BCUT2D eigenvalue weighted by Crippen LogP contribution is 2.33. The molecule has 0 saturated heterocycles. The van der Waals surface area contributed by atoms with E-state index in [9.17, 15) is 4.79 Å². The maximum Gasteiger partial charge on any atom is 0.239 e. The minimum Gasteiger partial charge on any atom is -0.399 e. The van der Waals surface area contributed by atoms with Crippen LogP contribution in [0.5, 0.6) is 5.75 Å². The molecular weight excluding hydrogens is 318 g/mol. The van der Waals surface area contributed by atoms with Crippen molar-refractivity contribution < 1.29 is 14.6 Å². The van der Waals surface area contributed by atoms with Gasteiger partial charge in [-0.2, -0.15) is 9.99 Å². The van der Waals surface area contributed by atoms with Gasteiger partial charge in [0.15, 0.2) is 5.75 Å². The largest absolute Gasteiger partial charge is 0.399 e. The third kappa shape index (κ3) is 2.74. The zero-order valence-corrected chi connectivity index (χ0v) is 14.2. The molecule has 2 aromatic rings. The van der Waals surface area contributed by atoms with Gasteiger partial charge in [0, 0.05) is 29.3 Å². The smallest absolute Gasteiger partial charge is 0.239 e. The Morgan fingerprint density at radius 1 is 1.24 bits per heavy atom. The van der Waals surface area contributed by atoms with Gasteiger partial charge in [-0.25, -0.2) is 5.01 Å². The van der Waals surface area contributed by atoms with Crippen LogP contribution in [-0.4, -0.2) is 22.7 Å². The van der Waals surface area contributed by atoms with Crippen molar-refractivity contribution in [3.63, 3.8) is 0 Å². The summed E-state index contributed by atoms with van der Waals surface area (Å²) < 4.78 is 0. The van der Waals surface area contributed by atoms with Crippen molar-refractivity contribution in [3.8, 4) is 5.75 Å². The Morgan fingerprint density at radius 3 is 2.72 bits per heavy atom. The van der Waals surface area contributed by atoms with Crippen LogP contribution in [0.4, 0.5) is 5.69 Å². The highest BCUT2D eigenvalue weighted by Gasteiger charge is 2.28. The van der Waals surface area contributed by atoms with Gasteiger partial charge in [0.05, 0.1) is 11.8 Å². The van der Waals surface area contributed by atoms with Gasteiger partial charge in [-0.3, -0.25) is 4.79 Å². The van der Waals surface area contributed by atoms with Crippen LogP contribution in [-0.2, 0) is 22.7 Å². The van der Waals surface area contributed by atoms with Gasteiger partial charge in [-0.05, 0) is 43.2 Å². The standard InChI is InChI=1S/C19H19N3O3/c1-11-7-14-9-18-15(10-24-25-18)8-17(14)19(21-22(11)12(2)23)13-3-5-16(20)6-4-13/h3-6,8-9,11H,7,10,20H2,1-2H3. The van der Waals surface area contributed by atoms with Crippen LogP contribution in [0.3, 0.4) is 0 Å². The van der Waals surface area contributed by atoms with Gasteiger partial charge in [0.1, 0.15) is 6.61 Å². The fourth-order valence-corrected chi connectivity index (χ4v) is 3.30. The lowest BCUT2D eigenvalue weighted by atomic mass is 9.92. The lowest BCUT2D eigenvalue weighted by Gasteiger charge is -2.21. The molecule has 128 valence electrons. The molecule has 0 aliphatic carbocycles. The predicted molar refractivity (Wildman–Crippen MR) is 94.0 cm³/mol. The number of fused-ring (bicyclic) bond motifs is 2. The molecule has 0 spiro atoms. The van der Waals surface area contributed by atoms with E-state index in [4.69, 9.17) is 20.6 Å². The van der Waals surface area contributed by atoms with Crippen molar-refractivity contribution in [2.24, 2.45) is 5.10 Å². The van der Waals surface area contributed by atoms with Crippen LogP contribution in [0, 0.1) is 0 Å². The summed E-state index contributed by atoms with van der Waals surface area (Å²) in [4.78, 5) is 22.4. The molecule has 6 heteroatoms. The van der Waals surface area contributed by atoms with Crippen LogP contribution >= 0.6 is 0 Å². The van der Waals surface area contributed by atoms with Crippen LogP contribution in [0.25, 0.3) is 0 Å². The number of carbonyl (C=O) groups is 1. The third-order valence-electron chi connectivity index (χ3n) is 4.55. The molecule has 1 atom stereocenters. The molecule has 2 N–H and O–H groups in total. The fourth-order valence-electron chi connectivity index (χ4n) is 3.30. The first-order chi connectivity index (χ1) is 12.0. The summed E-state index contributed by atoms with van der Waals surface area (Å²) in [6.45, 7) is 3.93. The molecule has 2 aliphatic heterocycles. The number of benzene rings is 2. The number of hydrazone groups is 1. The van der Waals surface area contributed by atoms with Crippen molar-refractivity contribution >= 4 is 17.3 Å². The highest BCUT2D eigenvalue weighted by atomic mass is 17.2. The van der Waals surface area contributed by atoms with Crippen molar-refractivity contribution in [2.45, 2.75) is 32.9 Å². The molecule has 1 amide bonds. The Morgan fingerprint density at radius 2 is 2.00 bits per heavy atom. The van der Waals surface area contributed by atoms with Crippen molar-refractivity contribution in [2.75, 3.05) is 5.73 Å². The minimum absolute atomic E-state index is 0.0529. The summed E-state index contributed by atoms with van der Waals surface area (Å²) in [5.41, 5.74) is 11.2.